The summed E-state index contributed by atoms with van der Waals surface area (Å²) in [6, 6.07) is 12.1. The Morgan fingerprint density at radius 2 is 1.86 bits per heavy atom. The maximum Gasteiger partial charge on any atom is 0.137 e. The Labute approximate surface area is 184 Å². The highest BCUT2D eigenvalue weighted by atomic mass is 35.5. The van der Waals surface area contributed by atoms with Crippen LogP contribution in [0.25, 0.3) is 0 Å². The van der Waals surface area contributed by atoms with E-state index in [2.05, 4.69) is 10.1 Å². The van der Waals surface area contributed by atoms with Gasteiger partial charge in [-0.2, -0.15) is 5.10 Å². The van der Waals surface area contributed by atoms with Gasteiger partial charge in [0.1, 0.15) is 29.8 Å². The topological polar surface area (TPSA) is 60.2 Å². The van der Waals surface area contributed by atoms with Gasteiger partial charge in [-0.05, 0) is 61.7 Å². The molecular formula is C21H20Cl3N3O2. The van der Waals surface area contributed by atoms with Crippen LogP contribution in [0.15, 0.2) is 55.1 Å². The minimum Gasteiger partial charge on any atom is -0.457 e. The van der Waals surface area contributed by atoms with Crippen LogP contribution in [-0.2, 0) is 6.42 Å². The Kier molecular flexibility index (Phi) is 5.51. The Morgan fingerprint density at radius 3 is 2.45 bits per heavy atom. The molecular weight excluding hydrogens is 433 g/mol. The van der Waals surface area contributed by atoms with E-state index in [0.717, 1.165) is 18.4 Å². The monoisotopic (exact) mass is 451 g/mol. The van der Waals surface area contributed by atoms with Crippen LogP contribution in [-0.4, -0.2) is 30.3 Å². The second kappa shape index (κ2) is 7.80. The zero-order valence-corrected chi connectivity index (χ0v) is 18.0. The van der Waals surface area contributed by atoms with Crippen molar-refractivity contribution < 1.29 is 9.84 Å². The third-order valence-electron chi connectivity index (χ3n) is 5.52. The van der Waals surface area contributed by atoms with E-state index in [4.69, 9.17) is 39.5 Å². The quantitative estimate of drug-likeness (QED) is 0.468. The summed E-state index contributed by atoms with van der Waals surface area (Å²) in [4.78, 5) is 3.28. The predicted molar refractivity (Wildman–Crippen MR) is 114 cm³/mol. The molecule has 1 aromatic heterocycles. The number of aromatic nitrogens is 3. The second-order valence-electron chi connectivity index (χ2n) is 7.43. The summed E-state index contributed by atoms with van der Waals surface area (Å²) in [7, 11) is 0. The average molecular weight is 453 g/mol. The van der Waals surface area contributed by atoms with Crippen LogP contribution in [0.1, 0.15) is 31.4 Å². The number of hydrogen-bond donors (Lipinski definition) is 1. The summed E-state index contributed by atoms with van der Waals surface area (Å²) in [6.07, 6.45) is 4.79. The van der Waals surface area contributed by atoms with E-state index in [-0.39, 0.29) is 12.5 Å². The van der Waals surface area contributed by atoms with E-state index in [9.17, 15) is 5.11 Å². The fourth-order valence-corrected chi connectivity index (χ4v) is 4.21. The molecule has 1 aliphatic carbocycles. The van der Waals surface area contributed by atoms with Crippen molar-refractivity contribution in [3.8, 4) is 11.5 Å². The van der Waals surface area contributed by atoms with Crippen LogP contribution in [0.4, 0.5) is 0 Å². The molecule has 0 amide bonds. The molecule has 1 aliphatic rings. The van der Waals surface area contributed by atoms with Gasteiger partial charge in [-0.15, -0.1) is 11.6 Å². The van der Waals surface area contributed by atoms with Gasteiger partial charge in [-0.25, -0.2) is 9.67 Å². The Bertz CT molecular complexity index is 991. The lowest BCUT2D eigenvalue weighted by Gasteiger charge is -2.38. The molecule has 5 nitrogen and oxygen atoms in total. The molecule has 2 aromatic carbocycles. The highest BCUT2D eigenvalue weighted by Gasteiger charge is 2.60. The first kappa shape index (κ1) is 20.5. The standard InChI is InChI=1S/C21H20Cl3N3O2/c1-14(27-13-25-12-26-27)21(28,20(24)8-9-20)11-15-2-5-18(10-19(15)23)29-17-6-3-16(22)4-7-17/h2-7,10,12-14,28H,8-9,11H2,1H3. The molecule has 0 radical (unpaired) electrons. The minimum atomic E-state index is -1.23. The number of alkyl halides is 1. The molecule has 8 heteroatoms. The SMILES string of the molecule is CC(n1cncn1)C(O)(Cc1ccc(Oc2ccc(Cl)cc2)cc1Cl)C1(Cl)CC1. The van der Waals surface area contributed by atoms with E-state index in [1.165, 1.54) is 6.33 Å². The summed E-state index contributed by atoms with van der Waals surface area (Å²) in [6.45, 7) is 1.89. The molecule has 2 unspecified atom stereocenters. The Hall–Kier alpha value is -1.79. The van der Waals surface area contributed by atoms with Crippen molar-refractivity contribution in [3.05, 3.63) is 70.7 Å². The van der Waals surface area contributed by atoms with E-state index in [1.807, 2.05) is 19.1 Å². The lowest BCUT2D eigenvalue weighted by Crippen LogP contribution is -2.50. The molecule has 1 N–H and O–H groups in total. The van der Waals surface area contributed by atoms with Gasteiger partial charge >= 0.3 is 0 Å². The Morgan fingerprint density at radius 1 is 1.17 bits per heavy atom. The van der Waals surface area contributed by atoms with E-state index in [0.29, 0.717) is 21.5 Å². The third kappa shape index (κ3) is 4.10. The number of nitrogens with zero attached hydrogens (tertiary/aromatic N) is 3. The summed E-state index contributed by atoms with van der Waals surface area (Å²) in [5.74, 6) is 1.26. The van der Waals surface area contributed by atoms with Gasteiger partial charge in [0.15, 0.2) is 0 Å². The number of rotatable bonds is 7. The van der Waals surface area contributed by atoms with Gasteiger partial charge in [0, 0.05) is 16.5 Å². The summed E-state index contributed by atoms with van der Waals surface area (Å²) < 4.78 is 7.46. The van der Waals surface area contributed by atoms with Crippen molar-refractivity contribution in [1.29, 1.82) is 0 Å². The maximum absolute atomic E-state index is 11.6. The van der Waals surface area contributed by atoms with Crippen molar-refractivity contribution in [2.75, 3.05) is 0 Å². The van der Waals surface area contributed by atoms with Gasteiger partial charge in [-0.3, -0.25) is 0 Å². The fraction of sp³-hybridized carbons (Fsp3) is 0.333. The molecule has 3 aromatic rings. The summed E-state index contributed by atoms with van der Waals surface area (Å²) in [5.41, 5.74) is -0.443. The van der Waals surface area contributed by atoms with Gasteiger partial charge in [-0.1, -0.05) is 29.3 Å². The normalized spacial score (nSPS) is 18.1. The molecule has 1 fully saturated rings. The van der Waals surface area contributed by atoms with Gasteiger partial charge in [0.2, 0.25) is 0 Å². The highest BCUT2D eigenvalue weighted by molar-refractivity contribution is 6.31. The number of benzene rings is 2. The summed E-state index contributed by atoms with van der Waals surface area (Å²) in [5, 5.41) is 17.0. The molecule has 29 heavy (non-hydrogen) atoms. The predicted octanol–water partition coefficient (Wildman–Crippen LogP) is 5.68. The Balaban J connectivity index is 1.57. The van der Waals surface area contributed by atoms with Gasteiger partial charge in [0.25, 0.3) is 0 Å². The smallest absolute Gasteiger partial charge is 0.137 e. The van der Waals surface area contributed by atoms with Crippen molar-refractivity contribution in [1.82, 2.24) is 14.8 Å². The lowest BCUT2D eigenvalue weighted by atomic mass is 9.83. The van der Waals surface area contributed by atoms with E-state index >= 15 is 0 Å². The van der Waals surface area contributed by atoms with Crippen molar-refractivity contribution in [2.24, 2.45) is 0 Å². The molecule has 152 valence electrons. The minimum absolute atomic E-state index is 0.289. The van der Waals surface area contributed by atoms with Crippen LogP contribution >= 0.6 is 34.8 Å². The zero-order valence-electron chi connectivity index (χ0n) is 15.7. The molecule has 1 heterocycles. The van der Waals surface area contributed by atoms with Crippen molar-refractivity contribution >= 4 is 34.8 Å². The molecule has 2 atom stereocenters. The highest BCUT2D eigenvalue weighted by Crippen LogP contribution is 2.56. The first-order valence-electron chi connectivity index (χ1n) is 9.28. The molecule has 1 saturated carbocycles. The van der Waals surface area contributed by atoms with Crippen LogP contribution in [0.3, 0.4) is 0 Å². The fourth-order valence-electron chi connectivity index (χ4n) is 3.52. The number of ether oxygens (including phenoxy) is 1. The van der Waals surface area contributed by atoms with Crippen LogP contribution < -0.4 is 4.74 Å². The van der Waals surface area contributed by atoms with Crippen LogP contribution in [0.5, 0.6) is 11.5 Å². The van der Waals surface area contributed by atoms with Crippen molar-refractivity contribution in [2.45, 2.75) is 42.7 Å². The average Bonchev–Trinajstić information content (AvgIpc) is 3.24. The molecule has 0 bridgehead atoms. The second-order valence-corrected chi connectivity index (χ2v) is 8.99. The molecule has 0 saturated heterocycles. The molecule has 4 rings (SSSR count). The maximum atomic E-state index is 11.6. The van der Waals surface area contributed by atoms with E-state index < -0.39 is 10.5 Å². The lowest BCUT2D eigenvalue weighted by molar-refractivity contribution is -0.0212. The van der Waals surface area contributed by atoms with Gasteiger partial charge < -0.3 is 9.84 Å². The van der Waals surface area contributed by atoms with E-state index in [1.54, 1.807) is 41.3 Å². The molecule has 0 aliphatic heterocycles. The largest absolute Gasteiger partial charge is 0.457 e. The zero-order chi connectivity index (χ0) is 20.6. The number of aliphatic hydroxyl groups is 1. The first-order chi connectivity index (χ1) is 13.8. The van der Waals surface area contributed by atoms with Crippen LogP contribution in [0.2, 0.25) is 10.0 Å². The van der Waals surface area contributed by atoms with Gasteiger partial charge in [0.05, 0.1) is 10.9 Å². The van der Waals surface area contributed by atoms with Crippen molar-refractivity contribution in [3.63, 3.8) is 0 Å². The number of halogens is 3. The molecule has 0 spiro atoms. The first-order valence-corrected chi connectivity index (χ1v) is 10.4. The third-order valence-corrected chi connectivity index (χ3v) is 6.83. The van der Waals surface area contributed by atoms with Crippen LogP contribution in [0, 0.1) is 0 Å². The number of hydrogen-bond acceptors (Lipinski definition) is 4. The summed E-state index contributed by atoms with van der Waals surface area (Å²) >= 11 is 19.2.